The Kier molecular flexibility index (Phi) is 3.73. The Morgan fingerprint density at radius 3 is 2.93 bits per heavy atom. The highest BCUT2D eigenvalue weighted by molar-refractivity contribution is 7.97. The maximum absolute atomic E-state index is 8.60. The summed E-state index contributed by atoms with van der Waals surface area (Å²) in [5, 5.41) is 15.9. The SMILES string of the molecule is [C-]#[N+]N(C#N)Sc1cccc(C)c1C=N. The third-order valence-corrected chi connectivity index (χ3v) is 2.68. The van der Waals surface area contributed by atoms with Crippen LogP contribution in [0.2, 0.25) is 0 Å². The molecule has 5 heteroatoms. The molecule has 4 nitrogen and oxygen atoms in total. The first-order valence-electron chi connectivity index (χ1n) is 4.08. The molecule has 0 bridgehead atoms. The van der Waals surface area contributed by atoms with Gasteiger partial charge in [-0.15, -0.1) is 4.95 Å². The third-order valence-electron chi connectivity index (χ3n) is 1.79. The highest BCUT2D eigenvalue weighted by atomic mass is 32.2. The van der Waals surface area contributed by atoms with Crippen molar-refractivity contribution in [3.05, 3.63) is 40.9 Å². The predicted octanol–water partition coefficient (Wildman–Crippen LogP) is 2.62. The van der Waals surface area contributed by atoms with Gasteiger partial charge in [-0.2, -0.15) is 11.8 Å². The summed E-state index contributed by atoms with van der Waals surface area (Å²) in [6.45, 7) is 8.63. The van der Waals surface area contributed by atoms with E-state index >= 15 is 0 Å². The van der Waals surface area contributed by atoms with Crippen LogP contribution >= 0.6 is 11.9 Å². The maximum atomic E-state index is 8.60. The van der Waals surface area contributed by atoms with Crippen LogP contribution in [0.15, 0.2) is 23.1 Å². The van der Waals surface area contributed by atoms with Gasteiger partial charge in [0.15, 0.2) is 0 Å². The van der Waals surface area contributed by atoms with Gasteiger partial charge in [0.25, 0.3) is 6.19 Å². The van der Waals surface area contributed by atoms with Gasteiger partial charge in [0.2, 0.25) is 0 Å². The van der Waals surface area contributed by atoms with Crippen molar-refractivity contribution in [2.24, 2.45) is 0 Å². The normalized spacial score (nSPS) is 8.73. The van der Waals surface area contributed by atoms with Crippen LogP contribution in [0.1, 0.15) is 11.1 Å². The number of aryl methyl sites for hydroxylation is 1. The Morgan fingerprint density at radius 1 is 1.67 bits per heavy atom. The smallest absolute Gasteiger partial charge is 0.268 e. The fourth-order valence-corrected chi connectivity index (χ4v) is 1.80. The summed E-state index contributed by atoms with van der Waals surface area (Å²) >= 11 is 1.02. The third kappa shape index (κ3) is 2.49. The molecular formula is C10H8N4S. The second kappa shape index (κ2) is 5.04. The zero-order valence-electron chi connectivity index (χ0n) is 8.06. The molecule has 1 aromatic carbocycles. The molecule has 0 saturated heterocycles. The maximum Gasteiger partial charge on any atom is 0.268 e. The van der Waals surface area contributed by atoms with E-state index in [2.05, 4.69) is 4.95 Å². The largest absolute Gasteiger partial charge is 0.308 e. The average Bonchev–Trinajstić information content (AvgIpc) is 2.26. The van der Waals surface area contributed by atoms with E-state index in [1.54, 1.807) is 12.3 Å². The summed E-state index contributed by atoms with van der Waals surface area (Å²) in [5.74, 6) is 0. The molecule has 0 saturated carbocycles. The number of hydrogen-bond acceptors (Lipinski definition) is 4. The zero-order chi connectivity index (χ0) is 11.3. The first kappa shape index (κ1) is 11.1. The molecule has 15 heavy (non-hydrogen) atoms. The summed E-state index contributed by atoms with van der Waals surface area (Å²) in [6, 6.07) is 5.51. The van der Waals surface area contributed by atoms with Gasteiger partial charge in [-0.3, -0.25) is 0 Å². The lowest BCUT2D eigenvalue weighted by molar-refractivity contribution is 0.865. The van der Waals surface area contributed by atoms with Crippen LogP contribution in [0.25, 0.3) is 4.95 Å². The van der Waals surface area contributed by atoms with Crippen LogP contribution in [0.3, 0.4) is 0 Å². The van der Waals surface area contributed by atoms with Gasteiger partial charge in [-0.25, -0.2) is 0 Å². The summed E-state index contributed by atoms with van der Waals surface area (Å²) in [6.07, 6.45) is 2.97. The lowest BCUT2D eigenvalue weighted by atomic mass is 10.1. The van der Waals surface area contributed by atoms with E-state index in [0.717, 1.165) is 32.4 Å². The van der Waals surface area contributed by atoms with Crippen molar-refractivity contribution in [2.45, 2.75) is 11.8 Å². The first-order valence-corrected chi connectivity index (χ1v) is 4.85. The van der Waals surface area contributed by atoms with Gasteiger partial charge in [-0.1, -0.05) is 12.1 Å². The summed E-state index contributed by atoms with van der Waals surface area (Å²) < 4.78 is 0.877. The van der Waals surface area contributed by atoms with Crippen LogP contribution in [0.4, 0.5) is 0 Å². The summed E-state index contributed by atoms with van der Waals surface area (Å²) in [5.41, 5.74) is 1.70. The average molecular weight is 216 g/mol. The summed E-state index contributed by atoms with van der Waals surface area (Å²) in [4.78, 5) is 3.76. The molecular weight excluding hydrogens is 208 g/mol. The Balaban J connectivity index is 3.06. The van der Waals surface area contributed by atoms with Crippen molar-refractivity contribution in [1.82, 2.24) is 4.41 Å². The Labute approximate surface area is 92.6 Å². The molecule has 0 aliphatic heterocycles. The molecule has 0 spiro atoms. The van der Waals surface area contributed by atoms with Crippen LogP contribution in [0, 0.1) is 30.4 Å². The van der Waals surface area contributed by atoms with E-state index < -0.39 is 0 Å². The zero-order valence-corrected chi connectivity index (χ0v) is 8.88. The fourth-order valence-electron chi connectivity index (χ4n) is 1.07. The van der Waals surface area contributed by atoms with E-state index in [-0.39, 0.29) is 0 Å². The van der Waals surface area contributed by atoms with Crippen molar-refractivity contribution in [1.29, 1.82) is 10.7 Å². The standard InChI is InChI=1S/C10H8N4S/c1-8-4-3-5-10(9(8)6-11)15-14(7-12)13-2/h3-6,11H,1H3. The van der Waals surface area contributed by atoms with E-state index in [9.17, 15) is 0 Å². The molecule has 0 aliphatic rings. The fraction of sp³-hybridized carbons (Fsp3) is 0.100. The summed E-state index contributed by atoms with van der Waals surface area (Å²) in [7, 11) is 0. The molecule has 0 atom stereocenters. The van der Waals surface area contributed by atoms with Crippen molar-refractivity contribution in [3.63, 3.8) is 0 Å². The van der Waals surface area contributed by atoms with Gasteiger partial charge < -0.3 is 5.41 Å². The highest BCUT2D eigenvalue weighted by Crippen LogP contribution is 2.26. The van der Waals surface area contributed by atoms with Gasteiger partial charge >= 0.3 is 0 Å². The lowest BCUT2D eigenvalue weighted by Crippen LogP contribution is -1.98. The number of benzene rings is 1. The molecule has 0 unspecified atom stereocenters. The topological polar surface area (TPSA) is 55.2 Å². The first-order chi connectivity index (χ1) is 7.22. The number of rotatable bonds is 3. The van der Waals surface area contributed by atoms with Crippen molar-refractivity contribution >= 4 is 18.2 Å². The Bertz CT molecular complexity index is 441. The minimum atomic E-state index is 0.738. The number of hydrogen-bond donors (Lipinski definition) is 1. The molecule has 0 fully saturated rings. The van der Waals surface area contributed by atoms with Crippen molar-refractivity contribution in [2.75, 3.05) is 0 Å². The monoisotopic (exact) mass is 216 g/mol. The van der Waals surface area contributed by atoms with E-state index in [1.807, 2.05) is 19.1 Å². The number of nitriles is 1. The molecule has 0 amide bonds. The van der Waals surface area contributed by atoms with E-state index in [1.165, 1.54) is 6.21 Å². The number of nitrogens with one attached hydrogen (secondary N) is 1. The van der Waals surface area contributed by atoms with Gasteiger partial charge in [0.05, 0.1) is 16.4 Å². The number of nitrogens with zero attached hydrogens (tertiary/aromatic N) is 3. The Hall–Kier alpha value is -1.98. The molecule has 0 aromatic heterocycles. The highest BCUT2D eigenvalue weighted by Gasteiger charge is 2.12. The van der Waals surface area contributed by atoms with Gasteiger partial charge in [0, 0.05) is 16.7 Å². The molecule has 0 radical (unpaired) electrons. The molecule has 1 aromatic rings. The van der Waals surface area contributed by atoms with Crippen molar-refractivity contribution in [3.8, 4) is 6.19 Å². The van der Waals surface area contributed by atoms with Crippen LogP contribution in [-0.2, 0) is 0 Å². The molecule has 0 heterocycles. The predicted molar refractivity (Wildman–Crippen MR) is 59.0 cm³/mol. The molecule has 1 N–H and O–H groups in total. The van der Waals surface area contributed by atoms with Crippen LogP contribution in [-0.4, -0.2) is 10.6 Å². The van der Waals surface area contributed by atoms with Gasteiger partial charge in [0.1, 0.15) is 0 Å². The molecule has 0 aliphatic carbocycles. The lowest BCUT2D eigenvalue weighted by Gasteiger charge is -2.05. The minimum Gasteiger partial charge on any atom is -0.308 e. The molecule has 1 rings (SSSR count). The van der Waals surface area contributed by atoms with Crippen LogP contribution in [0.5, 0.6) is 0 Å². The second-order valence-electron chi connectivity index (χ2n) is 2.70. The molecule has 74 valence electrons. The van der Waals surface area contributed by atoms with Crippen LogP contribution < -0.4 is 0 Å². The van der Waals surface area contributed by atoms with Crippen molar-refractivity contribution < 1.29 is 0 Å². The van der Waals surface area contributed by atoms with Gasteiger partial charge in [-0.05, 0) is 18.6 Å². The quantitative estimate of drug-likeness (QED) is 0.211. The van der Waals surface area contributed by atoms with E-state index in [4.69, 9.17) is 17.2 Å². The van der Waals surface area contributed by atoms with E-state index in [0.29, 0.717) is 0 Å². The minimum absolute atomic E-state index is 0.738. The second-order valence-corrected chi connectivity index (χ2v) is 3.66. The Morgan fingerprint density at radius 2 is 2.40 bits per heavy atom.